The van der Waals surface area contributed by atoms with Gasteiger partial charge in [-0.3, -0.25) is 4.79 Å². The number of aromatic nitrogens is 3. The van der Waals surface area contributed by atoms with Crippen molar-refractivity contribution in [3.05, 3.63) is 40.9 Å². The summed E-state index contributed by atoms with van der Waals surface area (Å²) in [5.74, 6) is 0.642. The van der Waals surface area contributed by atoms with Crippen LogP contribution in [0.25, 0.3) is 0 Å². The first-order valence-corrected chi connectivity index (χ1v) is 7.75. The summed E-state index contributed by atoms with van der Waals surface area (Å²) in [6.07, 6.45) is 3.73. The SMILES string of the molecule is C=CCn1c(CNC(=O)c2cccs2)nnc1SC. The standard InChI is InChI=1S/C12H14N4OS2/c1-3-6-16-10(14-15-12(16)18-2)8-13-11(17)9-5-4-7-19-9/h3-5,7H,1,6,8H2,2H3,(H,13,17). The monoisotopic (exact) mass is 294 g/mol. The van der Waals surface area contributed by atoms with Gasteiger partial charge in [0.2, 0.25) is 0 Å². The molecule has 2 aromatic rings. The number of thiophene rings is 1. The molecule has 1 amide bonds. The highest BCUT2D eigenvalue weighted by Gasteiger charge is 2.12. The van der Waals surface area contributed by atoms with Gasteiger partial charge in [-0.2, -0.15) is 0 Å². The highest BCUT2D eigenvalue weighted by molar-refractivity contribution is 7.98. The number of hydrogen-bond acceptors (Lipinski definition) is 5. The summed E-state index contributed by atoms with van der Waals surface area (Å²) in [6.45, 7) is 4.71. The number of carbonyl (C=O) groups excluding carboxylic acids is 1. The molecule has 2 aromatic heterocycles. The third-order valence-corrected chi connectivity index (χ3v) is 3.98. The van der Waals surface area contributed by atoms with Gasteiger partial charge >= 0.3 is 0 Å². The molecule has 0 unspecified atom stereocenters. The van der Waals surface area contributed by atoms with Gasteiger partial charge in [0.05, 0.1) is 11.4 Å². The van der Waals surface area contributed by atoms with Crippen molar-refractivity contribution in [1.82, 2.24) is 20.1 Å². The van der Waals surface area contributed by atoms with E-state index in [9.17, 15) is 4.79 Å². The van der Waals surface area contributed by atoms with Crippen LogP contribution < -0.4 is 5.32 Å². The van der Waals surface area contributed by atoms with Crippen LogP contribution in [0.2, 0.25) is 0 Å². The maximum Gasteiger partial charge on any atom is 0.261 e. The summed E-state index contributed by atoms with van der Waals surface area (Å²) in [4.78, 5) is 12.5. The van der Waals surface area contributed by atoms with Crippen LogP contribution in [-0.2, 0) is 13.1 Å². The second-order valence-corrected chi connectivity index (χ2v) is 5.38. The zero-order chi connectivity index (χ0) is 13.7. The zero-order valence-corrected chi connectivity index (χ0v) is 12.1. The third-order valence-electron chi connectivity index (χ3n) is 2.44. The number of amides is 1. The van der Waals surface area contributed by atoms with Crippen LogP contribution in [0.4, 0.5) is 0 Å². The van der Waals surface area contributed by atoms with Crippen LogP contribution in [0.15, 0.2) is 35.3 Å². The second-order valence-electron chi connectivity index (χ2n) is 3.66. The fourth-order valence-corrected chi connectivity index (χ4v) is 2.73. The van der Waals surface area contributed by atoms with Crippen molar-refractivity contribution < 1.29 is 4.79 Å². The number of thioether (sulfide) groups is 1. The molecule has 1 N–H and O–H groups in total. The van der Waals surface area contributed by atoms with Crippen LogP contribution in [0.5, 0.6) is 0 Å². The molecule has 0 aliphatic carbocycles. The molecule has 19 heavy (non-hydrogen) atoms. The smallest absolute Gasteiger partial charge is 0.261 e. The van der Waals surface area contributed by atoms with Crippen molar-refractivity contribution in [2.45, 2.75) is 18.2 Å². The van der Waals surface area contributed by atoms with E-state index in [1.807, 2.05) is 22.3 Å². The van der Waals surface area contributed by atoms with E-state index in [2.05, 4.69) is 22.1 Å². The molecule has 2 rings (SSSR count). The van der Waals surface area contributed by atoms with Crippen molar-refractivity contribution in [2.24, 2.45) is 0 Å². The Kier molecular flexibility index (Phi) is 4.75. The molecule has 2 heterocycles. The number of hydrogen-bond donors (Lipinski definition) is 1. The molecular weight excluding hydrogens is 280 g/mol. The Morgan fingerprint density at radius 1 is 1.63 bits per heavy atom. The van der Waals surface area contributed by atoms with Crippen molar-refractivity contribution >= 4 is 29.0 Å². The molecule has 0 aliphatic heterocycles. The first-order chi connectivity index (χ1) is 9.26. The lowest BCUT2D eigenvalue weighted by Gasteiger charge is -2.07. The predicted octanol–water partition coefficient (Wildman–Crippen LogP) is 2.18. The Bertz CT molecular complexity index is 562. The summed E-state index contributed by atoms with van der Waals surface area (Å²) in [5, 5.41) is 13.7. The van der Waals surface area contributed by atoms with E-state index in [4.69, 9.17) is 0 Å². The van der Waals surface area contributed by atoms with Gasteiger partial charge in [-0.05, 0) is 17.7 Å². The third kappa shape index (κ3) is 3.24. The van der Waals surface area contributed by atoms with Gasteiger partial charge in [0.15, 0.2) is 11.0 Å². The molecule has 0 saturated carbocycles. The van der Waals surface area contributed by atoms with Gasteiger partial charge in [-0.1, -0.05) is 23.9 Å². The largest absolute Gasteiger partial charge is 0.344 e. The highest BCUT2D eigenvalue weighted by atomic mass is 32.2. The van der Waals surface area contributed by atoms with Crippen molar-refractivity contribution in [2.75, 3.05) is 6.26 Å². The molecule has 7 heteroatoms. The normalized spacial score (nSPS) is 10.4. The van der Waals surface area contributed by atoms with Gasteiger partial charge in [-0.25, -0.2) is 0 Å². The summed E-state index contributed by atoms with van der Waals surface area (Å²) in [5.41, 5.74) is 0. The summed E-state index contributed by atoms with van der Waals surface area (Å²) in [7, 11) is 0. The van der Waals surface area contributed by atoms with E-state index in [-0.39, 0.29) is 5.91 Å². The first-order valence-electron chi connectivity index (χ1n) is 5.65. The lowest BCUT2D eigenvalue weighted by atomic mass is 10.4. The maximum atomic E-state index is 11.8. The number of allylic oxidation sites excluding steroid dienone is 1. The lowest BCUT2D eigenvalue weighted by Crippen LogP contribution is -2.24. The molecule has 100 valence electrons. The zero-order valence-electron chi connectivity index (χ0n) is 10.5. The fraction of sp³-hybridized carbons (Fsp3) is 0.250. The van der Waals surface area contributed by atoms with Crippen LogP contribution in [0.1, 0.15) is 15.5 Å². The van der Waals surface area contributed by atoms with E-state index >= 15 is 0 Å². The van der Waals surface area contributed by atoms with Gasteiger partial charge in [0, 0.05) is 6.54 Å². The van der Waals surface area contributed by atoms with E-state index in [1.54, 1.807) is 12.1 Å². The minimum atomic E-state index is -0.0890. The van der Waals surface area contributed by atoms with Crippen LogP contribution in [0.3, 0.4) is 0 Å². The molecule has 0 aliphatic rings. The minimum absolute atomic E-state index is 0.0890. The molecule has 0 saturated heterocycles. The van der Waals surface area contributed by atoms with E-state index in [0.29, 0.717) is 18.0 Å². The fourth-order valence-electron chi connectivity index (χ4n) is 1.57. The molecule has 0 spiro atoms. The predicted molar refractivity (Wildman–Crippen MR) is 77.5 cm³/mol. The second kappa shape index (κ2) is 6.53. The number of carbonyl (C=O) groups is 1. The average molecular weight is 294 g/mol. The Balaban J connectivity index is 2.05. The number of nitrogens with zero attached hydrogens (tertiary/aromatic N) is 3. The topological polar surface area (TPSA) is 59.8 Å². The highest BCUT2D eigenvalue weighted by Crippen LogP contribution is 2.14. The minimum Gasteiger partial charge on any atom is -0.344 e. The molecule has 5 nitrogen and oxygen atoms in total. The Hall–Kier alpha value is -1.60. The van der Waals surface area contributed by atoms with Crippen LogP contribution in [0, 0.1) is 0 Å². The molecular formula is C12H14N4OS2. The van der Waals surface area contributed by atoms with E-state index in [1.165, 1.54) is 23.1 Å². The van der Waals surface area contributed by atoms with Gasteiger partial charge in [-0.15, -0.1) is 28.1 Å². The van der Waals surface area contributed by atoms with Crippen molar-refractivity contribution in [3.63, 3.8) is 0 Å². The van der Waals surface area contributed by atoms with Crippen LogP contribution >= 0.6 is 23.1 Å². The van der Waals surface area contributed by atoms with Gasteiger partial charge in [0.1, 0.15) is 0 Å². The summed E-state index contributed by atoms with van der Waals surface area (Å²) >= 11 is 2.93. The Morgan fingerprint density at radius 3 is 3.11 bits per heavy atom. The molecule has 0 atom stereocenters. The summed E-state index contributed by atoms with van der Waals surface area (Å²) < 4.78 is 1.94. The number of nitrogens with one attached hydrogen (secondary N) is 1. The first kappa shape index (κ1) is 13.8. The Morgan fingerprint density at radius 2 is 2.47 bits per heavy atom. The van der Waals surface area contributed by atoms with Crippen molar-refractivity contribution in [1.29, 1.82) is 0 Å². The number of rotatable bonds is 6. The van der Waals surface area contributed by atoms with Crippen LogP contribution in [-0.4, -0.2) is 26.9 Å². The molecule has 0 radical (unpaired) electrons. The lowest BCUT2D eigenvalue weighted by molar-refractivity contribution is 0.0953. The van der Waals surface area contributed by atoms with E-state index in [0.717, 1.165) is 11.0 Å². The quantitative estimate of drug-likeness (QED) is 0.655. The molecule has 0 aromatic carbocycles. The maximum absolute atomic E-state index is 11.8. The van der Waals surface area contributed by atoms with Gasteiger partial charge in [0.25, 0.3) is 5.91 Å². The molecule has 0 fully saturated rings. The summed E-state index contributed by atoms with van der Waals surface area (Å²) in [6, 6.07) is 3.65. The molecule has 0 bridgehead atoms. The van der Waals surface area contributed by atoms with Gasteiger partial charge < -0.3 is 9.88 Å². The van der Waals surface area contributed by atoms with E-state index < -0.39 is 0 Å². The van der Waals surface area contributed by atoms with Crippen molar-refractivity contribution in [3.8, 4) is 0 Å². The Labute approximate surface area is 119 Å². The average Bonchev–Trinajstić information content (AvgIpc) is 3.06.